The molecule has 0 saturated heterocycles. The number of rotatable bonds is 6. The van der Waals surface area contributed by atoms with E-state index in [1.54, 1.807) is 55.6 Å². The van der Waals surface area contributed by atoms with Crippen LogP contribution in [0.15, 0.2) is 54.7 Å². The minimum absolute atomic E-state index is 0.0823. The van der Waals surface area contributed by atoms with Crippen molar-refractivity contribution in [2.24, 2.45) is 7.05 Å². The van der Waals surface area contributed by atoms with E-state index < -0.39 is 11.8 Å². The minimum atomic E-state index is -0.520. The zero-order valence-corrected chi connectivity index (χ0v) is 17.3. The lowest BCUT2D eigenvalue weighted by atomic mass is 10.2. The summed E-state index contributed by atoms with van der Waals surface area (Å²) in [6, 6.07) is 13.4. The number of methoxy groups -OCH3 is 1. The highest BCUT2D eigenvalue weighted by Crippen LogP contribution is 2.27. The molecular weight excluding hydrogens is 401 g/mol. The number of aromatic nitrogens is 3. The Morgan fingerprint density at radius 1 is 1.13 bits per heavy atom. The molecule has 158 valence electrons. The number of esters is 1. The van der Waals surface area contributed by atoms with Crippen molar-refractivity contribution in [2.45, 2.75) is 13.5 Å². The van der Waals surface area contributed by atoms with Crippen molar-refractivity contribution < 1.29 is 23.4 Å². The molecule has 0 aliphatic carbocycles. The van der Waals surface area contributed by atoms with Crippen LogP contribution < -0.4 is 9.47 Å². The average molecular weight is 421 g/mol. The largest absolute Gasteiger partial charge is 0.486 e. The molecule has 2 heterocycles. The predicted octanol–water partition coefficient (Wildman–Crippen LogP) is 4.57. The van der Waals surface area contributed by atoms with Crippen LogP contribution in [0.5, 0.6) is 17.4 Å². The number of hydrogen-bond donors (Lipinski definition) is 0. The highest BCUT2D eigenvalue weighted by atomic mass is 19.1. The lowest BCUT2D eigenvalue weighted by molar-refractivity contribution is 0.0600. The fourth-order valence-corrected chi connectivity index (χ4v) is 3.10. The topological polar surface area (TPSA) is 75.5 Å². The molecule has 0 saturated carbocycles. The minimum Gasteiger partial charge on any atom is -0.486 e. The third-order valence-corrected chi connectivity index (χ3v) is 4.73. The van der Waals surface area contributed by atoms with Gasteiger partial charge >= 0.3 is 5.97 Å². The summed E-state index contributed by atoms with van der Waals surface area (Å²) in [6.07, 6.45) is 1.55. The van der Waals surface area contributed by atoms with Crippen LogP contribution in [0, 0.1) is 12.7 Å². The first-order valence-corrected chi connectivity index (χ1v) is 9.51. The van der Waals surface area contributed by atoms with Gasteiger partial charge in [0.1, 0.15) is 23.9 Å². The summed E-state index contributed by atoms with van der Waals surface area (Å²) in [5.41, 5.74) is 2.67. The van der Waals surface area contributed by atoms with Crippen LogP contribution in [0.2, 0.25) is 0 Å². The molecule has 0 amide bonds. The van der Waals surface area contributed by atoms with Gasteiger partial charge in [0.15, 0.2) is 5.82 Å². The van der Waals surface area contributed by atoms with Gasteiger partial charge in [-0.2, -0.15) is 0 Å². The Labute approximate surface area is 178 Å². The summed E-state index contributed by atoms with van der Waals surface area (Å²) in [5, 5.41) is 0. The van der Waals surface area contributed by atoms with Crippen molar-refractivity contribution in [2.75, 3.05) is 7.11 Å². The number of carbonyl (C=O) groups excluding carboxylic acids is 1. The van der Waals surface area contributed by atoms with Crippen molar-refractivity contribution in [3.63, 3.8) is 0 Å². The third kappa shape index (κ3) is 4.32. The zero-order valence-electron chi connectivity index (χ0n) is 17.3. The molecule has 4 rings (SSSR count). The monoisotopic (exact) mass is 421 g/mol. The summed E-state index contributed by atoms with van der Waals surface area (Å²) in [5.74, 6) is 0.619. The summed E-state index contributed by atoms with van der Waals surface area (Å²) >= 11 is 0. The number of pyridine rings is 1. The van der Waals surface area contributed by atoms with E-state index in [1.165, 1.54) is 13.2 Å². The third-order valence-electron chi connectivity index (χ3n) is 4.73. The van der Waals surface area contributed by atoms with Crippen molar-refractivity contribution in [1.29, 1.82) is 0 Å². The van der Waals surface area contributed by atoms with Crippen LogP contribution in [-0.4, -0.2) is 27.6 Å². The summed E-state index contributed by atoms with van der Waals surface area (Å²) in [4.78, 5) is 20.3. The van der Waals surface area contributed by atoms with Crippen LogP contribution >= 0.6 is 0 Å². The number of hydrogen-bond acceptors (Lipinski definition) is 6. The molecule has 0 bridgehead atoms. The number of benzene rings is 2. The molecule has 0 spiro atoms. The van der Waals surface area contributed by atoms with Crippen LogP contribution in [0.1, 0.15) is 21.7 Å². The van der Waals surface area contributed by atoms with E-state index in [9.17, 15) is 9.18 Å². The maximum atomic E-state index is 14.0. The van der Waals surface area contributed by atoms with Crippen LogP contribution in [-0.2, 0) is 18.4 Å². The zero-order chi connectivity index (χ0) is 22.0. The van der Waals surface area contributed by atoms with E-state index in [2.05, 4.69) is 9.97 Å². The van der Waals surface area contributed by atoms with Gasteiger partial charge in [-0.1, -0.05) is 6.07 Å². The first-order chi connectivity index (χ1) is 14.9. The molecule has 2 aromatic carbocycles. The number of aryl methyl sites for hydroxylation is 2. The van der Waals surface area contributed by atoms with Gasteiger partial charge in [0.2, 0.25) is 0 Å². The summed E-state index contributed by atoms with van der Waals surface area (Å²) in [6.45, 7) is 1.96. The molecule has 8 heteroatoms. The van der Waals surface area contributed by atoms with Crippen LogP contribution in [0.3, 0.4) is 0 Å². The first kappa shape index (κ1) is 20.3. The Kier molecular flexibility index (Phi) is 5.53. The van der Waals surface area contributed by atoms with E-state index >= 15 is 0 Å². The second kappa shape index (κ2) is 8.43. The SMILES string of the molecule is COC(=O)c1cccc(OCc2nc3ccc(Oc4ncc(C)cc4F)cc3n2C)c1. The Morgan fingerprint density at radius 3 is 2.74 bits per heavy atom. The summed E-state index contributed by atoms with van der Waals surface area (Å²) < 4.78 is 32.1. The van der Waals surface area contributed by atoms with E-state index in [0.717, 1.165) is 11.0 Å². The van der Waals surface area contributed by atoms with Gasteiger partial charge in [-0.15, -0.1) is 0 Å². The second-order valence-corrected chi connectivity index (χ2v) is 6.95. The van der Waals surface area contributed by atoms with Crippen molar-refractivity contribution in [3.05, 3.63) is 77.5 Å². The molecule has 0 atom stereocenters. The fourth-order valence-electron chi connectivity index (χ4n) is 3.10. The average Bonchev–Trinajstić information content (AvgIpc) is 3.09. The molecule has 0 radical (unpaired) electrons. The van der Waals surface area contributed by atoms with Gasteiger partial charge in [0.05, 0.1) is 23.7 Å². The van der Waals surface area contributed by atoms with Crippen molar-refractivity contribution >= 4 is 17.0 Å². The van der Waals surface area contributed by atoms with E-state index in [0.29, 0.717) is 28.5 Å². The number of halogens is 1. The Hall–Kier alpha value is -3.94. The normalized spacial score (nSPS) is 10.8. The molecule has 2 aromatic heterocycles. The van der Waals surface area contributed by atoms with E-state index in [4.69, 9.17) is 14.2 Å². The molecule has 31 heavy (non-hydrogen) atoms. The molecule has 0 fully saturated rings. The van der Waals surface area contributed by atoms with Gasteiger partial charge in [-0.25, -0.2) is 19.2 Å². The molecule has 7 nitrogen and oxygen atoms in total. The molecule has 4 aromatic rings. The maximum absolute atomic E-state index is 14.0. The number of imidazole rings is 1. The molecular formula is C23H20FN3O4. The molecule has 0 unspecified atom stereocenters. The fraction of sp³-hybridized carbons (Fsp3) is 0.174. The smallest absolute Gasteiger partial charge is 0.337 e. The Morgan fingerprint density at radius 2 is 1.97 bits per heavy atom. The molecule has 0 aliphatic heterocycles. The lowest BCUT2D eigenvalue weighted by Crippen LogP contribution is -2.05. The van der Waals surface area contributed by atoms with E-state index in [1.807, 2.05) is 11.6 Å². The summed E-state index contributed by atoms with van der Waals surface area (Å²) in [7, 11) is 3.18. The highest BCUT2D eigenvalue weighted by Gasteiger charge is 2.13. The van der Waals surface area contributed by atoms with Gasteiger partial charge in [0, 0.05) is 19.3 Å². The standard InChI is InChI=1S/C23H20FN3O4/c1-14-9-18(24)22(25-12-14)31-17-7-8-19-20(11-17)27(2)21(26-19)13-30-16-6-4-5-15(10-16)23(28)29-3/h4-12H,13H2,1-3H3. The number of ether oxygens (including phenoxy) is 3. The number of nitrogens with zero attached hydrogens (tertiary/aromatic N) is 3. The molecule has 0 N–H and O–H groups in total. The lowest BCUT2D eigenvalue weighted by Gasteiger charge is -2.08. The van der Waals surface area contributed by atoms with Crippen molar-refractivity contribution in [1.82, 2.24) is 14.5 Å². The van der Waals surface area contributed by atoms with Gasteiger partial charge < -0.3 is 18.8 Å². The molecule has 0 aliphatic rings. The Balaban J connectivity index is 1.53. The van der Waals surface area contributed by atoms with Gasteiger partial charge in [0.25, 0.3) is 5.88 Å². The van der Waals surface area contributed by atoms with Crippen molar-refractivity contribution in [3.8, 4) is 17.4 Å². The highest BCUT2D eigenvalue weighted by molar-refractivity contribution is 5.89. The number of fused-ring (bicyclic) bond motifs is 1. The van der Waals surface area contributed by atoms with Crippen LogP contribution in [0.25, 0.3) is 11.0 Å². The number of carbonyl (C=O) groups is 1. The first-order valence-electron chi connectivity index (χ1n) is 9.51. The van der Waals surface area contributed by atoms with Gasteiger partial charge in [-0.05, 0) is 48.9 Å². The van der Waals surface area contributed by atoms with Gasteiger partial charge in [-0.3, -0.25) is 0 Å². The second-order valence-electron chi connectivity index (χ2n) is 6.95. The van der Waals surface area contributed by atoms with Crippen LogP contribution in [0.4, 0.5) is 4.39 Å². The van der Waals surface area contributed by atoms with E-state index in [-0.39, 0.29) is 12.5 Å². The Bertz CT molecular complexity index is 1270. The maximum Gasteiger partial charge on any atom is 0.337 e. The quantitative estimate of drug-likeness (QED) is 0.425. The predicted molar refractivity (Wildman–Crippen MR) is 112 cm³/mol.